The number of carboxylic acid groups (broad SMARTS) is 1. The summed E-state index contributed by atoms with van der Waals surface area (Å²) >= 11 is 0. The monoisotopic (exact) mass is 500 g/mol. The van der Waals surface area contributed by atoms with E-state index < -0.39 is 11.4 Å². The van der Waals surface area contributed by atoms with Gasteiger partial charge < -0.3 is 24.9 Å². The van der Waals surface area contributed by atoms with Crippen LogP contribution in [0.1, 0.15) is 37.8 Å². The molecule has 6 nitrogen and oxygen atoms in total. The van der Waals surface area contributed by atoms with Crippen molar-refractivity contribution in [2.75, 3.05) is 0 Å². The number of benzene rings is 2. The SMILES string of the molecule is C=O.CC(CCC(=O)O)(c1ccc(O)cc1)c1ccc(O)cc1.CC=O.[Ce]. The maximum atomic E-state index is 10.9. The Morgan fingerprint density at radius 3 is 1.52 bits per heavy atom. The minimum absolute atomic E-state index is 0. The van der Waals surface area contributed by atoms with E-state index in [9.17, 15) is 15.0 Å². The summed E-state index contributed by atoms with van der Waals surface area (Å²) in [5.74, 6) is -0.506. The molecule has 0 atom stereocenters. The van der Waals surface area contributed by atoms with Crippen LogP contribution < -0.4 is 0 Å². The first-order chi connectivity index (χ1) is 12.3. The van der Waals surface area contributed by atoms with Crippen molar-refractivity contribution in [3.8, 4) is 11.5 Å². The van der Waals surface area contributed by atoms with Crippen LogP contribution in [0.2, 0.25) is 0 Å². The molecule has 2 rings (SSSR count). The summed E-state index contributed by atoms with van der Waals surface area (Å²) in [4.78, 5) is 27.7. The maximum absolute atomic E-state index is 10.9. The number of hydrogen-bond donors (Lipinski definition) is 3. The van der Waals surface area contributed by atoms with Crippen LogP contribution >= 0.6 is 0 Å². The number of carbonyl (C=O) groups excluding carboxylic acids is 2. The summed E-state index contributed by atoms with van der Waals surface area (Å²) < 4.78 is 0. The third-order valence-corrected chi connectivity index (χ3v) is 3.85. The Balaban J connectivity index is 0. The van der Waals surface area contributed by atoms with Gasteiger partial charge in [-0.2, -0.15) is 0 Å². The second-order valence-electron chi connectivity index (χ2n) is 5.56. The number of phenolic OH excluding ortho intramolecular Hbond substituents is 2. The van der Waals surface area contributed by atoms with E-state index in [0.717, 1.165) is 17.4 Å². The molecule has 0 radical (unpaired) electrons. The molecule has 3 N–H and O–H groups in total. The Kier molecular flexibility index (Phi) is 14.5. The number of phenols is 2. The zero-order chi connectivity index (χ0) is 20.2. The minimum atomic E-state index is -0.848. The van der Waals surface area contributed by atoms with E-state index in [1.807, 2.05) is 13.7 Å². The van der Waals surface area contributed by atoms with Crippen molar-refractivity contribution in [3.05, 3.63) is 59.7 Å². The number of aliphatic carboxylic acids is 1. The van der Waals surface area contributed by atoms with Crippen LogP contribution in [0, 0.1) is 41.7 Å². The molecular weight excluding hydrogens is 476 g/mol. The van der Waals surface area contributed by atoms with Crippen molar-refractivity contribution in [3.63, 3.8) is 0 Å². The number of carbonyl (C=O) groups is 3. The molecule has 0 unspecified atom stereocenters. The van der Waals surface area contributed by atoms with Crippen molar-refractivity contribution < 1.29 is 71.5 Å². The normalized spacial score (nSPS) is 9.41. The van der Waals surface area contributed by atoms with Crippen LogP contribution in [0.5, 0.6) is 11.5 Å². The molecule has 0 aliphatic rings. The minimum Gasteiger partial charge on any atom is -0.508 e. The fourth-order valence-corrected chi connectivity index (χ4v) is 2.47. The first-order valence-electron chi connectivity index (χ1n) is 7.83. The van der Waals surface area contributed by atoms with Crippen molar-refractivity contribution in [2.45, 2.75) is 32.1 Å². The van der Waals surface area contributed by atoms with E-state index in [4.69, 9.17) is 14.7 Å². The van der Waals surface area contributed by atoms with Crippen LogP contribution in [0.15, 0.2) is 48.5 Å². The van der Waals surface area contributed by atoms with E-state index in [-0.39, 0.29) is 59.7 Å². The molecule has 0 bridgehead atoms. The van der Waals surface area contributed by atoms with E-state index in [2.05, 4.69) is 0 Å². The average molecular weight is 501 g/mol. The number of aromatic hydroxyl groups is 2. The van der Waals surface area contributed by atoms with Gasteiger partial charge in [-0.3, -0.25) is 4.79 Å². The molecule has 0 saturated carbocycles. The number of aldehydes is 1. The van der Waals surface area contributed by atoms with Gasteiger partial charge >= 0.3 is 5.97 Å². The van der Waals surface area contributed by atoms with Gasteiger partial charge in [-0.15, -0.1) is 0 Å². The molecule has 144 valence electrons. The average Bonchev–Trinajstić information content (AvgIpc) is 2.63. The Labute approximate surface area is 192 Å². The molecule has 0 saturated heterocycles. The second kappa shape index (κ2) is 14.3. The first-order valence-corrected chi connectivity index (χ1v) is 7.83. The van der Waals surface area contributed by atoms with Gasteiger partial charge in [-0.05, 0) is 48.7 Å². The van der Waals surface area contributed by atoms with Crippen LogP contribution in [0.3, 0.4) is 0 Å². The molecule has 27 heavy (non-hydrogen) atoms. The third kappa shape index (κ3) is 9.12. The number of hydrogen-bond acceptors (Lipinski definition) is 5. The zero-order valence-corrected chi connectivity index (χ0v) is 18.5. The Morgan fingerprint density at radius 1 is 0.963 bits per heavy atom. The number of carboxylic acids is 1. The van der Waals surface area contributed by atoms with Gasteiger partial charge in [0.25, 0.3) is 0 Å². The predicted octanol–water partition coefficient (Wildman–Crippen LogP) is 3.29. The van der Waals surface area contributed by atoms with Gasteiger partial charge in [0, 0.05) is 53.6 Å². The van der Waals surface area contributed by atoms with Gasteiger partial charge in [0.15, 0.2) is 0 Å². The second-order valence-corrected chi connectivity index (χ2v) is 5.56. The quantitative estimate of drug-likeness (QED) is 0.544. The molecule has 0 heterocycles. The molecule has 0 spiro atoms. The van der Waals surface area contributed by atoms with Crippen LogP contribution in [-0.4, -0.2) is 34.4 Å². The maximum Gasteiger partial charge on any atom is 0.303 e. The van der Waals surface area contributed by atoms with Crippen LogP contribution in [0.25, 0.3) is 0 Å². The topological polar surface area (TPSA) is 112 Å². The van der Waals surface area contributed by atoms with E-state index in [0.29, 0.717) is 6.42 Å². The van der Waals surface area contributed by atoms with Gasteiger partial charge in [-0.25, -0.2) is 0 Å². The summed E-state index contributed by atoms with van der Waals surface area (Å²) in [7, 11) is 0. The Hall–Kier alpha value is -1.77. The molecule has 0 aliphatic carbocycles. The molecule has 0 fully saturated rings. The van der Waals surface area contributed by atoms with E-state index in [1.165, 1.54) is 6.92 Å². The van der Waals surface area contributed by atoms with Crippen LogP contribution in [0.4, 0.5) is 0 Å². The largest absolute Gasteiger partial charge is 0.508 e. The smallest absolute Gasteiger partial charge is 0.303 e. The predicted molar refractivity (Wildman–Crippen MR) is 98.4 cm³/mol. The van der Waals surface area contributed by atoms with Gasteiger partial charge in [-0.1, -0.05) is 31.2 Å². The van der Waals surface area contributed by atoms with E-state index in [1.54, 1.807) is 48.5 Å². The Morgan fingerprint density at radius 2 is 1.26 bits per heavy atom. The fourth-order valence-electron chi connectivity index (χ4n) is 2.47. The summed E-state index contributed by atoms with van der Waals surface area (Å²) in [6, 6.07) is 13.6. The standard InChI is InChI=1S/C17H18O4.C2H4O.CH2O.Ce/c1-17(11-10-16(20)21,12-2-6-14(18)7-3-12)13-4-8-15(19)9-5-13;1-2-3;1-2;/h2-9,18-19H,10-11H2,1H3,(H,20,21);2H,1H3;1H2;. The number of rotatable bonds is 5. The molecule has 2 aromatic carbocycles. The molecule has 0 aliphatic heterocycles. The summed E-state index contributed by atoms with van der Waals surface area (Å²) in [5, 5.41) is 27.8. The van der Waals surface area contributed by atoms with Crippen molar-refractivity contribution in [1.82, 2.24) is 0 Å². The molecule has 7 heteroatoms. The van der Waals surface area contributed by atoms with Crippen LogP contribution in [-0.2, 0) is 19.8 Å². The summed E-state index contributed by atoms with van der Waals surface area (Å²) in [5.41, 5.74) is 1.35. The van der Waals surface area contributed by atoms with Gasteiger partial charge in [0.05, 0.1) is 0 Å². The molecule has 0 aromatic heterocycles. The third-order valence-electron chi connectivity index (χ3n) is 3.85. The van der Waals surface area contributed by atoms with Crippen molar-refractivity contribution in [2.24, 2.45) is 0 Å². The van der Waals surface area contributed by atoms with Gasteiger partial charge in [0.1, 0.15) is 24.6 Å². The van der Waals surface area contributed by atoms with E-state index >= 15 is 0 Å². The molecular formula is C20H24CeO6. The van der Waals surface area contributed by atoms with Crippen molar-refractivity contribution >= 4 is 19.0 Å². The Bertz CT molecular complexity index is 637. The molecule has 0 amide bonds. The molecule has 2 aromatic rings. The summed E-state index contributed by atoms with van der Waals surface area (Å²) in [6.07, 6.45) is 1.22. The fraction of sp³-hybridized carbons (Fsp3) is 0.250. The zero-order valence-electron chi connectivity index (χ0n) is 15.4. The van der Waals surface area contributed by atoms with Crippen molar-refractivity contribution in [1.29, 1.82) is 0 Å². The first kappa shape index (κ1) is 27.4. The summed E-state index contributed by atoms with van der Waals surface area (Å²) in [6.45, 7) is 5.41. The van der Waals surface area contributed by atoms with Gasteiger partial charge in [0.2, 0.25) is 0 Å².